The Balaban J connectivity index is 1.60. The van der Waals surface area contributed by atoms with E-state index in [2.05, 4.69) is 35.0 Å². The maximum absolute atomic E-state index is 10.8. The number of aromatic nitrogens is 1. The molecule has 2 aliphatic heterocycles. The van der Waals surface area contributed by atoms with Crippen LogP contribution in [0.2, 0.25) is 0 Å². The number of hydrogen-bond donors (Lipinski definition) is 3. The summed E-state index contributed by atoms with van der Waals surface area (Å²) in [6.07, 6.45) is 1.28. The van der Waals surface area contributed by atoms with E-state index in [-0.39, 0.29) is 6.54 Å². The van der Waals surface area contributed by atoms with E-state index in [1.807, 2.05) is 0 Å². The van der Waals surface area contributed by atoms with Crippen LogP contribution < -0.4 is 5.32 Å². The minimum absolute atomic E-state index is 0.00803. The minimum Gasteiger partial charge on any atom is -0.378 e. The van der Waals surface area contributed by atoms with Gasteiger partial charge in [0.25, 0.3) is 10.1 Å². The van der Waals surface area contributed by atoms with Crippen LogP contribution in [0.25, 0.3) is 10.9 Å². The van der Waals surface area contributed by atoms with E-state index >= 15 is 0 Å². The summed E-state index contributed by atoms with van der Waals surface area (Å²) in [7, 11) is -4.04. The third-order valence-corrected chi connectivity index (χ3v) is 6.21. The van der Waals surface area contributed by atoms with Crippen LogP contribution in [0.5, 0.6) is 0 Å². The summed E-state index contributed by atoms with van der Waals surface area (Å²) in [5.41, 5.74) is 4.52. The highest BCUT2D eigenvalue weighted by atomic mass is 32.2. The number of aliphatic hydroxyl groups is 1. The highest BCUT2D eigenvalue weighted by Crippen LogP contribution is 2.50. The first kappa shape index (κ1) is 17.9. The fourth-order valence-corrected chi connectivity index (χ4v) is 4.81. The standard InChI is InChI=1S/C18H24N2O5S/c1-2-12-4-3-5-13-14-6-8-25-18(11-20(16(12)13)17(14)18)10-15(21)19-7-9-26(22,23)24/h3-5,15,19,21H,2,6-11H2,1H3,(H,22,23,24). The van der Waals surface area contributed by atoms with Crippen molar-refractivity contribution in [3.05, 3.63) is 35.0 Å². The predicted octanol–water partition coefficient (Wildman–Crippen LogP) is 1.17. The number of aliphatic hydroxyl groups excluding tert-OH is 1. The molecule has 0 aliphatic carbocycles. The molecule has 2 aromatic rings. The molecule has 3 N–H and O–H groups in total. The van der Waals surface area contributed by atoms with Gasteiger partial charge in [0.15, 0.2) is 0 Å². The van der Waals surface area contributed by atoms with Gasteiger partial charge in [0.2, 0.25) is 0 Å². The molecule has 0 saturated carbocycles. The van der Waals surface area contributed by atoms with Gasteiger partial charge < -0.3 is 14.4 Å². The normalized spacial score (nSPS) is 22.9. The molecule has 26 heavy (non-hydrogen) atoms. The minimum atomic E-state index is -4.04. The number of nitrogens with zero attached hydrogens (tertiary/aromatic N) is 1. The van der Waals surface area contributed by atoms with E-state index in [1.54, 1.807) is 0 Å². The zero-order valence-corrected chi connectivity index (χ0v) is 15.6. The highest BCUT2D eigenvalue weighted by molar-refractivity contribution is 7.85. The van der Waals surface area contributed by atoms with Gasteiger partial charge in [-0.2, -0.15) is 8.42 Å². The van der Waals surface area contributed by atoms with Crippen molar-refractivity contribution >= 4 is 21.0 Å². The lowest BCUT2D eigenvalue weighted by Crippen LogP contribution is -2.53. The number of benzene rings is 1. The van der Waals surface area contributed by atoms with Gasteiger partial charge in [0.1, 0.15) is 11.8 Å². The molecule has 1 aromatic heterocycles. The molecule has 0 amide bonds. The van der Waals surface area contributed by atoms with Crippen molar-refractivity contribution in [2.75, 3.05) is 18.9 Å². The lowest BCUT2D eigenvalue weighted by Gasteiger charge is -2.48. The van der Waals surface area contributed by atoms with Crippen molar-refractivity contribution in [2.45, 2.75) is 44.6 Å². The van der Waals surface area contributed by atoms with E-state index in [0.717, 1.165) is 18.5 Å². The first-order valence-corrected chi connectivity index (χ1v) is 10.6. The monoisotopic (exact) mass is 380 g/mol. The quantitative estimate of drug-likeness (QED) is 0.492. The number of rotatable bonds is 7. The number of hydrogen-bond acceptors (Lipinski definition) is 5. The van der Waals surface area contributed by atoms with Gasteiger partial charge in [-0.05, 0) is 24.0 Å². The van der Waals surface area contributed by atoms with Crippen molar-refractivity contribution in [1.82, 2.24) is 9.88 Å². The molecule has 7 nitrogen and oxygen atoms in total. The first-order valence-electron chi connectivity index (χ1n) is 8.98. The molecule has 0 fully saturated rings. The van der Waals surface area contributed by atoms with Crippen molar-refractivity contribution in [3.63, 3.8) is 0 Å². The number of nitrogens with one attached hydrogen (secondary N) is 1. The average molecular weight is 380 g/mol. The molecular formula is C18H24N2O5S. The van der Waals surface area contributed by atoms with Gasteiger partial charge in [0.05, 0.1) is 30.1 Å². The molecule has 2 atom stereocenters. The molecule has 3 heterocycles. The highest BCUT2D eigenvalue weighted by Gasteiger charge is 2.51. The van der Waals surface area contributed by atoms with Gasteiger partial charge in [-0.3, -0.25) is 9.87 Å². The van der Waals surface area contributed by atoms with Crippen LogP contribution in [0.3, 0.4) is 0 Å². The predicted molar refractivity (Wildman–Crippen MR) is 97.7 cm³/mol. The maximum Gasteiger partial charge on any atom is 0.266 e. The van der Waals surface area contributed by atoms with E-state index < -0.39 is 27.7 Å². The second-order valence-electron chi connectivity index (χ2n) is 7.13. The summed E-state index contributed by atoms with van der Waals surface area (Å²) >= 11 is 0. The fourth-order valence-electron chi connectivity index (χ4n) is 4.43. The number of para-hydroxylation sites is 1. The Bertz CT molecular complexity index is 952. The van der Waals surface area contributed by atoms with E-state index in [0.29, 0.717) is 19.6 Å². The molecule has 0 radical (unpaired) electrons. The average Bonchev–Trinajstić information content (AvgIpc) is 2.86. The fraction of sp³-hybridized carbons (Fsp3) is 0.556. The van der Waals surface area contributed by atoms with E-state index in [1.165, 1.54) is 22.0 Å². The Kier molecular flexibility index (Phi) is 4.36. The van der Waals surface area contributed by atoms with Crippen molar-refractivity contribution in [3.8, 4) is 0 Å². The molecule has 0 saturated heterocycles. The van der Waals surface area contributed by atoms with Gasteiger partial charge in [-0.15, -0.1) is 0 Å². The smallest absolute Gasteiger partial charge is 0.266 e. The Labute approximate surface area is 152 Å². The Morgan fingerprint density at radius 3 is 2.96 bits per heavy atom. The van der Waals surface area contributed by atoms with Gasteiger partial charge in [0, 0.05) is 18.4 Å². The van der Waals surface area contributed by atoms with Crippen LogP contribution in [0, 0.1) is 0 Å². The topological polar surface area (TPSA) is 101 Å². The molecule has 4 rings (SSSR count). The van der Waals surface area contributed by atoms with Crippen LogP contribution in [-0.2, 0) is 39.8 Å². The second kappa shape index (κ2) is 6.31. The first-order chi connectivity index (χ1) is 12.3. The van der Waals surface area contributed by atoms with E-state index in [4.69, 9.17) is 9.29 Å². The number of ether oxygens (including phenoxy) is 1. The lowest BCUT2D eigenvalue weighted by atomic mass is 9.83. The third kappa shape index (κ3) is 2.86. The maximum atomic E-state index is 10.8. The summed E-state index contributed by atoms with van der Waals surface area (Å²) < 4.78 is 38.8. The molecule has 1 aromatic carbocycles. The summed E-state index contributed by atoms with van der Waals surface area (Å²) in [5.74, 6) is -0.427. The van der Waals surface area contributed by atoms with Crippen LogP contribution in [0.1, 0.15) is 30.2 Å². The number of fused-ring (bicyclic) bond motifs is 3. The van der Waals surface area contributed by atoms with Crippen molar-refractivity contribution in [1.29, 1.82) is 0 Å². The Morgan fingerprint density at radius 1 is 1.42 bits per heavy atom. The number of aryl methyl sites for hydroxylation is 1. The lowest BCUT2D eigenvalue weighted by molar-refractivity contribution is -0.134. The molecule has 0 spiro atoms. The summed E-state index contributed by atoms with van der Waals surface area (Å²) in [4.78, 5) is 0. The van der Waals surface area contributed by atoms with Crippen LogP contribution in [-0.4, -0.2) is 47.8 Å². The van der Waals surface area contributed by atoms with Crippen LogP contribution in [0.15, 0.2) is 18.2 Å². The summed E-state index contributed by atoms with van der Waals surface area (Å²) in [6.45, 7) is 3.44. The largest absolute Gasteiger partial charge is 0.378 e. The van der Waals surface area contributed by atoms with E-state index in [9.17, 15) is 13.5 Å². The molecule has 2 aliphatic rings. The Morgan fingerprint density at radius 2 is 2.23 bits per heavy atom. The molecule has 0 bridgehead atoms. The molecule has 8 heteroatoms. The van der Waals surface area contributed by atoms with Gasteiger partial charge >= 0.3 is 0 Å². The summed E-state index contributed by atoms with van der Waals surface area (Å²) in [5, 5.41) is 14.3. The molecule has 2 unspecified atom stereocenters. The summed E-state index contributed by atoms with van der Waals surface area (Å²) in [6, 6.07) is 6.41. The SMILES string of the molecule is CCc1cccc2c3c4n(c12)CC4(CC(O)NCCS(=O)(=O)O)OCC3. The Hall–Kier alpha value is -1.45. The zero-order chi connectivity index (χ0) is 18.5. The second-order valence-corrected chi connectivity index (χ2v) is 8.71. The van der Waals surface area contributed by atoms with Crippen LogP contribution in [0.4, 0.5) is 0 Å². The third-order valence-electron chi connectivity index (χ3n) is 5.49. The van der Waals surface area contributed by atoms with Gasteiger partial charge in [-0.25, -0.2) is 0 Å². The van der Waals surface area contributed by atoms with Gasteiger partial charge in [-0.1, -0.05) is 25.1 Å². The van der Waals surface area contributed by atoms with Crippen molar-refractivity contribution in [2.24, 2.45) is 0 Å². The molecule has 142 valence electrons. The molecular weight excluding hydrogens is 356 g/mol. The van der Waals surface area contributed by atoms with Crippen LogP contribution >= 0.6 is 0 Å². The van der Waals surface area contributed by atoms with Crippen molar-refractivity contribution < 1.29 is 22.8 Å². The zero-order valence-electron chi connectivity index (χ0n) is 14.7.